The lowest BCUT2D eigenvalue weighted by molar-refractivity contribution is 0.660. The minimum absolute atomic E-state index is 0.0724. The first-order valence-corrected chi connectivity index (χ1v) is 23.2. The third kappa shape index (κ3) is 5.42. The summed E-state index contributed by atoms with van der Waals surface area (Å²) < 4.78 is 15.6. The van der Waals surface area contributed by atoms with Crippen molar-refractivity contribution < 1.29 is 8.83 Å². The van der Waals surface area contributed by atoms with E-state index in [9.17, 15) is 0 Å². The molecule has 9 aromatic carbocycles. The lowest BCUT2D eigenvalue weighted by Gasteiger charge is -2.21. The summed E-state index contributed by atoms with van der Waals surface area (Å²) in [6.07, 6.45) is 0. The van der Waals surface area contributed by atoms with Gasteiger partial charge in [-0.1, -0.05) is 153 Å². The molecule has 14 rings (SSSR count). The summed E-state index contributed by atoms with van der Waals surface area (Å²) in [4.78, 5) is 16.0. The van der Waals surface area contributed by atoms with Crippen LogP contribution in [-0.2, 0) is 5.41 Å². The van der Waals surface area contributed by atoms with Crippen LogP contribution in [0.25, 0.3) is 132 Å². The predicted octanol–water partition coefficient (Wildman–Crippen LogP) is 16.7. The smallest absolute Gasteiger partial charge is 0.167 e. The third-order valence-electron chi connectivity index (χ3n) is 13.8. The molecule has 1 aliphatic carbocycles. The summed E-state index contributed by atoms with van der Waals surface area (Å²) in [6.45, 7) is 4.67. The Morgan fingerprint density at radius 1 is 0.379 bits per heavy atom. The van der Waals surface area contributed by atoms with Crippen LogP contribution in [0, 0.1) is 0 Å². The van der Waals surface area contributed by atoms with Gasteiger partial charge in [0.2, 0.25) is 0 Å². The van der Waals surface area contributed by atoms with Gasteiger partial charge in [0.15, 0.2) is 17.5 Å². The monoisotopic (exact) mass is 863 g/mol. The average Bonchev–Trinajstić information content (AvgIpc) is 4.12. The largest absolute Gasteiger partial charge is 0.456 e. The Kier molecular flexibility index (Phi) is 7.84. The molecule has 0 N–H and O–H groups in total. The fourth-order valence-corrected chi connectivity index (χ4v) is 11.8. The van der Waals surface area contributed by atoms with Gasteiger partial charge in [-0.3, -0.25) is 0 Å². The topological polar surface area (TPSA) is 65.0 Å². The average molecular weight is 864 g/mol. The number of fused-ring (bicyclic) bond motifs is 12. The maximum atomic E-state index is 6.63. The van der Waals surface area contributed by atoms with Crippen LogP contribution in [0.5, 0.6) is 0 Å². The summed E-state index contributed by atoms with van der Waals surface area (Å²) >= 11 is 1.78. The third-order valence-corrected chi connectivity index (χ3v) is 14.9. The molecule has 1 aliphatic rings. The molecule has 0 bridgehead atoms. The Balaban J connectivity index is 0.967. The number of thiophene rings is 1. The summed E-state index contributed by atoms with van der Waals surface area (Å²) in [7, 11) is 0. The maximum Gasteiger partial charge on any atom is 0.167 e. The molecule has 13 aromatic rings. The van der Waals surface area contributed by atoms with E-state index in [1.807, 2.05) is 36.4 Å². The molecule has 66 heavy (non-hydrogen) atoms. The second-order valence-electron chi connectivity index (χ2n) is 17.8. The molecule has 0 amide bonds. The highest BCUT2D eigenvalue weighted by molar-refractivity contribution is 7.25. The predicted molar refractivity (Wildman–Crippen MR) is 272 cm³/mol. The van der Waals surface area contributed by atoms with Crippen LogP contribution >= 0.6 is 11.3 Å². The molecule has 0 unspecified atom stereocenters. The summed E-state index contributed by atoms with van der Waals surface area (Å²) in [5.41, 5.74) is 15.7. The fourth-order valence-electron chi connectivity index (χ4n) is 10.7. The van der Waals surface area contributed by atoms with E-state index in [4.69, 9.17) is 23.8 Å². The first kappa shape index (κ1) is 37.2. The van der Waals surface area contributed by atoms with Crippen LogP contribution in [-0.4, -0.2) is 15.0 Å². The molecule has 0 atom stereocenters. The van der Waals surface area contributed by atoms with Crippen LogP contribution < -0.4 is 0 Å². The van der Waals surface area contributed by atoms with Gasteiger partial charge in [0.1, 0.15) is 22.3 Å². The minimum atomic E-state index is -0.0724. The van der Waals surface area contributed by atoms with Gasteiger partial charge < -0.3 is 8.83 Å². The van der Waals surface area contributed by atoms with Crippen molar-refractivity contribution in [1.29, 1.82) is 0 Å². The van der Waals surface area contributed by atoms with Crippen LogP contribution in [0.3, 0.4) is 0 Å². The quantitative estimate of drug-likeness (QED) is 0.172. The molecule has 0 spiro atoms. The molecular weight excluding hydrogens is 827 g/mol. The molecule has 0 radical (unpaired) electrons. The van der Waals surface area contributed by atoms with E-state index in [-0.39, 0.29) is 5.41 Å². The number of furan rings is 2. The SMILES string of the molecule is CC1(C)c2ccccc2-c2c(-c3cccc(-c4ccc5oc6cccc(-c7nc(-c8cccc9c8oc8ccccc89)nc(-c8cccc9sc%10ccccc%10c89)n7)c6c5c4)c3)cccc21. The standard InChI is InChI=1S/C60H37N3O2S/c1-60(2)46-24-6-3-17-40(46)53-37(19-11-25-47(53)60)36-15-9-14-34(32-36)35-30-31-49-45(33-35)54-42(21-12-27-50(54)64-49)57-61-58(43-22-13-29-52-55(43)41-18-5-8-28-51(41)66-52)63-59(62-57)44-23-10-20-39-38-16-4-7-26-48(38)65-56(39)44/h3-33H,1-2H3. The van der Waals surface area contributed by atoms with Gasteiger partial charge in [-0.2, -0.15) is 0 Å². The number of hydrogen-bond donors (Lipinski definition) is 0. The number of nitrogens with zero attached hydrogens (tertiary/aromatic N) is 3. The van der Waals surface area contributed by atoms with E-state index in [0.717, 1.165) is 77.1 Å². The van der Waals surface area contributed by atoms with Crippen molar-refractivity contribution in [2.75, 3.05) is 0 Å². The number of aromatic nitrogens is 3. The molecule has 310 valence electrons. The molecule has 0 fully saturated rings. The van der Waals surface area contributed by atoms with Crippen molar-refractivity contribution in [2.45, 2.75) is 19.3 Å². The second kappa shape index (κ2) is 13.9. The van der Waals surface area contributed by atoms with E-state index in [1.54, 1.807) is 11.3 Å². The van der Waals surface area contributed by atoms with Gasteiger partial charge in [-0.15, -0.1) is 11.3 Å². The zero-order chi connectivity index (χ0) is 43.7. The lowest BCUT2D eigenvalue weighted by Crippen LogP contribution is -2.14. The number of benzene rings is 9. The highest BCUT2D eigenvalue weighted by atomic mass is 32.1. The zero-order valence-corrected chi connectivity index (χ0v) is 36.8. The number of rotatable bonds is 5. The fraction of sp³-hybridized carbons (Fsp3) is 0.0500. The normalized spacial score (nSPS) is 13.1. The van der Waals surface area contributed by atoms with Crippen LogP contribution in [0.15, 0.2) is 197 Å². The Morgan fingerprint density at radius 3 is 1.85 bits per heavy atom. The first-order valence-electron chi connectivity index (χ1n) is 22.3. The molecule has 5 nitrogen and oxygen atoms in total. The van der Waals surface area contributed by atoms with Crippen molar-refractivity contribution in [3.05, 3.63) is 199 Å². The van der Waals surface area contributed by atoms with E-state index in [2.05, 4.69) is 166 Å². The molecule has 6 heteroatoms. The van der Waals surface area contributed by atoms with Gasteiger partial charge in [-0.25, -0.2) is 15.0 Å². The van der Waals surface area contributed by atoms with Crippen LogP contribution in [0.1, 0.15) is 25.0 Å². The van der Waals surface area contributed by atoms with Gasteiger partial charge >= 0.3 is 0 Å². The molecule has 0 saturated heterocycles. The zero-order valence-electron chi connectivity index (χ0n) is 36.0. The van der Waals surface area contributed by atoms with E-state index < -0.39 is 0 Å². The van der Waals surface area contributed by atoms with Gasteiger partial charge in [0.05, 0.1) is 5.56 Å². The van der Waals surface area contributed by atoms with Crippen LogP contribution in [0.4, 0.5) is 0 Å². The molecule has 0 saturated carbocycles. The van der Waals surface area contributed by atoms with E-state index >= 15 is 0 Å². The van der Waals surface area contributed by atoms with Crippen molar-refractivity contribution in [2.24, 2.45) is 0 Å². The summed E-state index contributed by atoms with van der Waals surface area (Å²) in [5.74, 6) is 1.69. The van der Waals surface area contributed by atoms with Gasteiger partial charge in [-0.05, 0) is 93.0 Å². The Bertz CT molecular complexity index is 4170. The Hall–Kier alpha value is -8.19. The van der Waals surface area contributed by atoms with Crippen molar-refractivity contribution in [3.63, 3.8) is 0 Å². The summed E-state index contributed by atoms with van der Waals surface area (Å²) in [6, 6.07) is 66.6. The highest BCUT2D eigenvalue weighted by Gasteiger charge is 2.36. The first-order chi connectivity index (χ1) is 32.5. The van der Waals surface area contributed by atoms with E-state index in [0.29, 0.717) is 17.5 Å². The van der Waals surface area contributed by atoms with E-state index in [1.165, 1.54) is 48.2 Å². The maximum absolute atomic E-state index is 6.63. The highest BCUT2D eigenvalue weighted by Crippen LogP contribution is 2.52. The van der Waals surface area contributed by atoms with Gasteiger partial charge in [0.25, 0.3) is 0 Å². The lowest BCUT2D eigenvalue weighted by atomic mass is 9.82. The van der Waals surface area contributed by atoms with Crippen molar-refractivity contribution in [3.8, 4) is 67.5 Å². The van der Waals surface area contributed by atoms with Gasteiger partial charge in [0, 0.05) is 58.3 Å². The molecular formula is C60H37N3O2S. The molecule has 0 aliphatic heterocycles. The van der Waals surface area contributed by atoms with Crippen molar-refractivity contribution >= 4 is 75.4 Å². The molecule has 4 heterocycles. The number of para-hydroxylation sites is 2. The second-order valence-corrected chi connectivity index (χ2v) is 18.9. The molecule has 4 aromatic heterocycles. The minimum Gasteiger partial charge on any atom is -0.456 e. The Labute approximate surface area is 383 Å². The van der Waals surface area contributed by atoms with Crippen molar-refractivity contribution in [1.82, 2.24) is 15.0 Å². The Morgan fingerprint density at radius 2 is 0.955 bits per heavy atom. The van der Waals surface area contributed by atoms with Crippen LogP contribution in [0.2, 0.25) is 0 Å². The summed E-state index contributed by atoms with van der Waals surface area (Å²) in [5, 5.41) is 6.33. The number of hydrogen-bond acceptors (Lipinski definition) is 6.